The van der Waals surface area contributed by atoms with Gasteiger partial charge in [0.1, 0.15) is 24.7 Å². The Morgan fingerprint density at radius 2 is 1.62 bits per heavy atom. The van der Waals surface area contributed by atoms with E-state index in [1.165, 1.54) is 5.57 Å². The number of rotatable bonds is 19. The van der Waals surface area contributed by atoms with Gasteiger partial charge in [-0.15, -0.1) is 0 Å². The largest absolute Gasteiger partial charge is 0.494 e. The Morgan fingerprint density at radius 1 is 0.885 bits per heavy atom. The zero-order valence-corrected chi connectivity index (χ0v) is 35.6. The highest BCUT2D eigenvalue weighted by atomic mass is 16.5. The first kappa shape index (κ1) is 42.6. The van der Waals surface area contributed by atoms with Gasteiger partial charge in [-0.3, -0.25) is 14.6 Å². The molecule has 12 heteroatoms. The molecule has 61 heavy (non-hydrogen) atoms. The molecule has 0 spiro atoms. The third kappa shape index (κ3) is 9.91. The summed E-state index contributed by atoms with van der Waals surface area (Å²) in [6, 6.07) is 20.8. The van der Waals surface area contributed by atoms with Gasteiger partial charge >= 0.3 is 0 Å². The first-order valence-corrected chi connectivity index (χ1v) is 20.8. The Bertz CT molecular complexity index is 2370. The third-order valence-corrected chi connectivity index (χ3v) is 11.3. The Kier molecular flexibility index (Phi) is 13.7. The van der Waals surface area contributed by atoms with E-state index in [9.17, 15) is 14.4 Å². The number of benzene rings is 4. The summed E-state index contributed by atoms with van der Waals surface area (Å²) in [6.07, 6.45) is 12.4. The minimum Gasteiger partial charge on any atom is -0.494 e. The standard InChI is InChI=1S/C49H54N4O8/c1-32-20-45(57-4)47(26-41(32)51-28-38-24-37-14-7-9-16-44(37)53(38)31-54)60-29-34-21-35(23-39(22-34)59-19-11-10-12-33(2)55)30-61-48-27-42(50-3)40(25-46(48)58-5)49(56)52-18-17-36-13-6-8-15-43(36)52/h7-9,14-16,20-23,25-28,31,38,50H,6,10-13,17-19,24,29-30H2,1-5H3. The molecule has 0 radical (unpaired) electrons. The predicted molar refractivity (Wildman–Crippen MR) is 237 cm³/mol. The summed E-state index contributed by atoms with van der Waals surface area (Å²) in [5.41, 5.74) is 8.73. The molecule has 2 heterocycles. The van der Waals surface area contributed by atoms with Crippen LogP contribution in [0.2, 0.25) is 0 Å². The van der Waals surface area contributed by atoms with Gasteiger partial charge in [0.2, 0.25) is 6.41 Å². The van der Waals surface area contributed by atoms with Crippen LogP contribution < -0.4 is 33.9 Å². The van der Waals surface area contributed by atoms with Gasteiger partial charge < -0.3 is 43.6 Å². The average Bonchev–Trinajstić information content (AvgIpc) is 3.88. The van der Waals surface area contributed by atoms with Crippen LogP contribution in [-0.4, -0.2) is 69.7 Å². The van der Waals surface area contributed by atoms with Crippen LogP contribution in [0.3, 0.4) is 0 Å². The van der Waals surface area contributed by atoms with Crippen molar-refractivity contribution in [3.63, 3.8) is 0 Å². The summed E-state index contributed by atoms with van der Waals surface area (Å²) in [5, 5.41) is 3.19. The first-order valence-electron chi connectivity index (χ1n) is 20.8. The van der Waals surface area contributed by atoms with Gasteiger partial charge in [-0.2, -0.15) is 0 Å². The monoisotopic (exact) mass is 826 g/mol. The maximum Gasteiger partial charge on any atom is 0.260 e. The second-order valence-corrected chi connectivity index (χ2v) is 15.5. The number of ketones is 1. The van der Waals surface area contributed by atoms with Gasteiger partial charge in [0.05, 0.1) is 43.8 Å². The number of ether oxygens (including phenoxy) is 5. The summed E-state index contributed by atoms with van der Waals surface area (Å²) in [4.78, 5) is 45.8. The molecule has 1 atom stereocenters. The minimum absolute atomic E-state index is 0.0861. The van der Waals surface area contributed by atoms with Gasteiger partial charge in [0, 0.05) is 56.2 Å². The number of aryl methyl sites for hydroxylation is 1. The number of para-hydroxylation sites is 1. The smallest absolute Gasteiger partial charge is 0.260 e. The molecule has 4 aromatic rings. The molecule has 0 aromatic heterocycles. The third-order valence-electron chi connectivity index (χ3n) is 11.3. The van der Waals surface area contributed by atoms with E-state index in [2.05, 4.69) is 17.5 Å². The number of hydrogen-bond acceptors (Lipinski definition) is 10. The van der Waals surface area contributed by atoms with Crippen LogP contribution in [0.25, 0.3) is 0 Å². The number of carbonyl (C=O) groups excluding carboxylic acids is 3. The number of Topliss-reactive ketones (excluding diaryl/α,β-unsaturated/α-hetero) is 1. The van der Waals surface area contributed by atoms with Gasteiger partial charge in [-0.1, -0.05) is 24.3 Å². The molecular formula is C49H54N4O8. The van der Waals surface area contributed by atoms with Crippen LogP contribution in [0.5, 0.6) is 28.7 Å². The number of unbranched alkanes of at least 4 members (excludes halogenated alkanes) is 1. The van der Waals surface area contributed by atoms with E-state index < -0.39 is 0 Å². The number of carbonyl (C=O) groups is 3. The quantitative estimate of drug-likeness (QED) is 0.0560. The molecule has 12 nitrogen and oxygen atoms in total. The number of hydrogen-bond donors (Lipinski definition) is 1. The van der Waals surface area contributed by atoms with E-state index in [1.54, 1.807) is 45.2 Å². The highest BCUT2D eigenvalue weighted by Gasteiger charge is 2.30. The molecule has 2 aliphatic heterocycles. The van der Waals surface area contributed by atoms with Crippen molar-refractivity contribution in [1.29, 1.82) is 0 Å². The number of anilines is 2. The Balaban J connectivity index is 1.09. The number of nitrogens with one attached hydrogen (secondary N) is 1. The summed E-state index contributed by atoms with van der Waals surface area (Å²) in [6.45, 7) is 5.00. The molecule has 1 unspecified atom stereocenters. The fraction of sp³-hybridized carbons (Fsp3) is 0.347. The Labute approximate surface area is 357 Å². The molecule has 318 valence electrons. The van der Waals surface area contributed by atoms with E-state index in [0.29, 0.717) is 71.7 Å². The predicted octanol–water partition coefficient (Wildman–Crippen LogP) is 9.09. The van der Waals surface area contributed by atoms with Gasteiger partial charge in [0.15, 0.2) is 23.0 Å². The van der Waals surface area contributed by atoms with Crippen molar-refractivity contribution in [1.82, 2.24) is 4.90 Å². The average molecular weight is 827 g/mol. The maximum absolute atomic E-state index is 13.9. The topological polar surface area (TPSA) is 128 Å². The number of allylic oxidation sites excluding steroid dienone is 2. The number of fused-ring (bicyclic) bond motifs is 1. The summed E-state index contributed by atoms with van der Waals surface area (Å²) in [5.74, 6) is 2.70. The van der Waals surface area contributed by atoms with Crippen LogP contribution in [0.15, 0.2) is 95.1 Å². The second kappa shape index (κ2) is 19.7. The Hall–Kier alpha value is -6.56. The minimum atomic E-state index is -0.202. The zero-order valence-electron chi connectivity index (χ0n) is 35.6. The number of amides is 2. The van der Waals surface area contributed by atoms with Gasteiger partial charge in [0.25, 0.3) is 5.91 Å². The molecule has 1 N–H and O–H groups in total. The van der Waals surface area contributed by atoms with E-state index in [-0.39, 0.29) is 30.9 Å². The molecular weight excluding hydrogens is 773 g/mol. The molecule has 0 fully saturated rings. The van der Waals surface area contributed by atoms with Crippen LogP contribution in [-0.2, 0) is 29.2 Å². The lowest BCUT2D eigenvalue weighted by atomic mass is 10.0. The molecule has 0 saturated carbocycles. The van der Waals surface area contributed by atoms with Crippen molar-refractivity contribution in [3.8, 4) is 28.7 Å². The van der Waals surface area contributed by atoms with Crippen LogP contribution in [0.1, 0.15) is 78.1 Å². The SMILES string of the molecule is CNc1cc(OCc2cc(COc3cc(N=CC4Cc5ccccc5N4C=O)c(C)cc3OC)cc(OCCCCC(C)=O)c2)c(OC)cc1C(=O)N1CCC2=C1C=CCC2. The maximum atomic E-state index is 13.9. The molecule has 0 saturated heterocycles. The van der Waals surface area contributed by atoms with Crippen molar-refractivity contribution < 1.29 is 38.1 Å². The van der Waals surface area contributed by atoms with E-state index in [0.717, 1.165) is 72.2 Å². The van der Waals surface area contributed by atoms with Crippen LogP contribution >= 0.6 is 0 Å². The highest BCUT2D eigenvalue weighted by molar-refractivity contribution is 6.02. The van der Waals surface area contributed by atoms with Crippen LogP contribution in [0, 0.1) is 6.92 Å². The Morgan fingerprint density at radius 3 is 2.34 bits per heavy atom. The lowest BCUT2D eigenvalue weighted by Crippen LogP contribution is -2.31. The number of nitrogens with zero attached hydrogens (tertiary/aromatic N) is 3. The lowest BCUT2D eigenvalue weighted by molar-refractivity contribution is -0.117. The summed E-state index contributed by atoms with van der Waals surface area (Å²) >= 11 is 0. The molecule has 2 amide bonds. The van der Waals surface area contributed by atoms with Crippen molar-refractivity contribution in [3.05, 3.63) is 118 Å². The van der Waals surface area contributed by atoms with Gasteiger partial charge in [-0.05, 0) is 116 Å². The van der Waals surface area contributed by atoms with Gasteiger partial charge in [-0.25, -0.2) is 0 Å². The zero-order chi connectivity index (χ0) is 42.9. The van der Waals surface area contributed by atoms with Crippen molar-refractivity contribution in [2.75, 3.05) is 44.6 Å². The number of methoxy groups -OCH3 is 2. The fourth-order valence-corrected chi connectivity index (χ4v) is 8.06. The normalized spacial score (nSPS) is 15.5. The molecule has 7 rings (SSSR count). The molecule has 1 aliphatic carbocycles. The fourth-order valence-electron chi connectivity index (χ4n) is 8.06. The van der Waals surface area contributed by atoms with E-state index >= 15 is 0 Å². The molecule has 3 aliphatic rings. The first-order chi connectivity index (χ1) is 29.7. The van der Waals surface area contributed by atoms with Crippen molar-refractivity contribution >= 4 is 41.4 Å². The molecule has 4 aromatic carbocycles. The summed E-state index contributed by atoms with van der Waals surface area (Å²) in [7, 11) is 4.95. The lowest BCUT2D eigenvalue weighted by Gasteiger charge is -2.23. The summed E-state index contributed by atoms with van der Waals surface area (Å²) < 4.78 is 30.5. The highest BCUT2D eigenvalue weighted by Crippen LogP contribution is 2.39. The number of aliphatic imine (C=N–C) groups is 1. The van der Waals surface area contributed by atoms with E-state index in [1.807, 2.05) is 72.6 Å². The second-order valence-electron chi connectivity index (χ2n) is 15.5. The molecule has 0 bridgehead atoms. The van der Waals surface area contributed by atoms with Crippen molar-refractivity contribution in [2.45, 2.75) is 78.0 Å². The van der Waals surface area contributed by atoms with E-state index in [4.69, 9.17) is 28.7 Å². The van der Waals surface area contributed by atoms with Crippen LogP contribution in [0.4, 0.5) is 17.1 Å². The van der Waals surface area contributed by atoms with Crippen molar-refractivity contribution in [2.24, 2.45) is 4.99 Å².